The van der Waals surface area contributed by atoms with Crippen LogP contribution in [0.3, 0.4) is 0 Å². The first-order valence-electron chi connectivity index (χ1n) is 13.7. The number of ether oxygens (including phenoxy) is 3. The zero-order chi connectivity index (χ0) is 29.1. The summed E-state index contributed by atoms with van der Waals surface area (Å²) >= 11 is 0. The molecule has 12 nitrogen and oxygen atoms in total. The first-order valence-corrected chi connectivity index (χ1v) is 13.7. The quantitative estimate of drug-likeness (QED) is 0.348. The maximum atomic E-state index is 11.8. The number of hydrogen-bond donors (Lipinski definition) is 4. The molecule has 0 saturated heterocycles. The lowest BCUT2D eigenvalue weighted by molar-refractivity contribution is 0.0472. The van der Waals surface area contributed by atoms with Gasteiger partial charge in [-0.05, 0) is 44.0 Å². The Kier molecular flexibility index (Phi) is 10.7. The largest absolute Gasteiger partial charge is 0.498 e. The minimum absolute atomic E-state index is 0. The van der Waals surface area contributed by atoms with Crippen LogP contribution in [0.5, 0.6) is 11.5 Å². The van der Waals surface area contributed by atoms with E-state index in [1.165, 1.54) is 0 Å². The SMILES string of the molecule is CC(C)(C)OC(=O)NCC1OB2OCC(CO)Oc3cccc1c32.Cl.NCC1OB2OCC(CO)Oc3cccc1c32. The predicted molar refractivity (Wildman–Crippen MR) is 157 cm³/mol. The van der Waals surface area contributed by atoms with Crippen LogP contribution in [0, 0.1) is 0 Å². The third kappa shape index (κ3) is 7.14. The lowest BCUT2D eigenvalue weighted by Crippen LogP contribution is -2.35. The molecule has 0 aromatic heterocycles. The van der Waals surface area contributed by atoms with Crippen LogP contribution in [0.25, 0.3) is 0 Å². The number of amides is 1. The molecule has 4 aliphatic heterocycles. The minimum Gasteiger partial charge on any atom is -0.486 e. The number of nitrogens with one attached hydrogen (secondary N) is 1. The van der Waals surface area contributed by atoms with Gasteiger partial charge in [0.25, 0.3) is 0 Å². The normalized spacial score (nSPS) is 23.5. The average Bonchev–Trinajstić information content (AvgIpc) is 3.36. The highest BCUT2D eigenvalue weighted by Gasteiger charge is 2.43. The van der Waals surface area contributed by atoms with E-state index in [-0.39, 0.29) is 57.1 Å². The molecule has 0 spiro atoms. The van der Waals surface area contributed by atoms with Crippen molar-refractivity contribution in [1.82, 2.24) is 5.32 Å². The Labute approximate surface area is 251 Å². The van der Waals surface area contributed by atoms with Gasteiger partial charge in [-0.1, -0.05) is 24.3 Å². The van der Waals surface area contributed by atoms with Crippen LogP contribution < -0.4 is 31.4 Å². The molecule has 4 heterocycles. The van der Waals surface area contributed by atoms with Crippen molar-refractivity contribution >= 4 is 43.7 Å². The molecule has 2 aromatic carbocycles. The molecule has 15 heteroatoms. The molecular weight excluding hydrogens is 569 g/mol. The van der Waals surface area contributed by atoms with E-state index in [1.807, 2.05) is 57.2 Å². The standard InChI is InChI=1S/C16H22BNO6.C11H14BNO4.ClH/c1-16(2,3)23-15(20)18-7-13-11-5-4-6-12-14(11)17(24-13)21-9-10(8-19)22-12;13-4-10-8-2-1-3-9-11(8)12(17-10)15-6-7(5-14)16-9;/h4-6,10,13,19H,7-9H2,1-3H3,(H,18,20);1-3,7,10,14H,4-6,13H2;1H. The Hall–Kier alpha value is -2.55. The first-order chi connectivity index (χ1) is 19.7. The molecule has 4 aliphatic rings. The molecular formula is C27H37B2ClN2O10. The van der Waals surface area contributed by atoms with E-state index >= 15 is 0 Å². The maximum Gasteiger partial charge on any atom is 0.498 e. The van der Waals surface area contributed by atoms with Gasteiger partial charge in [0.1, 0.15) is 29.3 Å². The molecule has 6 rings (SSSR count). The highest BCUT2D eigenvalue weighted by Crippen LogP contribution is 2.31. The number of benzene rings is 2. The molecule has 0 saturated carbocycles. The number of carbonyl (C=O) groups excluding carboxylic acids is 1. The van der Waals surface area contributed by atoms with Gasteiger partial charge in [-0.3, -0.25) is 0 Å². The number of carbonyl (C=O) groups is 1. The number of nitrogens with two attached hydrogens (primary N) is 1. The Morgan fingerprint density at radius 2 is 1.43 bits per heavy atom. The van der Waals surface area contributed by atoms with E-state index in [2.05, 4.69) is 5.32 Å². The maximum absolute atomic E-state index is 11.8. The Morgan fingerprint density at radius 1 is 0.929 bits per heavy atom. The fraction of sp³-hybridized carbons (Fsp3) is 0.519. The average molecular weight is 607 g/mol. The third-order valence-electron chi connectivity index (χ3n) is 6.85. The molecule has 2 aromatic rings. The van der Waals surface area contributed by atoms with Crippen LogP contribution in [-0.4, -0.2) is 87.9 Å². The highest BCUT2D eigenvalue weighted by atomic mass is 35.5. The van der Waals surface area contributed by atoms with Gasteiger partial charge in [0.2, 0.25) is 0 Å². The minimum atomic E-state index is -0.557. The molecule has 4 atom stereocenters. The zero-order valence-corrected chi connectivity index (χ0v) is 24.6. The van der Waals surface area contributed by atoms with Crippen molar-refractivity contribution in [3.63, 3.8) is 0 Å². The van der Waals surface area contributed by atoms with Crippen LogP contribution in [0.15, 0.2) is 36.4 Å². The molecule has 0 radical (unpaired) electrons. The van der Waals surface area contributed by atoms with Gasteiger partial charge in [-0.15, -0.1) is 12.4 Å². The topological polar surface area (TPSA) is 160 Å². The van der Waals surface area contributed by atoms with E-state index in [9.17, 15) is 9.90 Å². The fourth-order valence-corrected chi connectivity index (χ4v) is 5.05. The van der Waals surface area contributed by atoms with Crippen LogP contribution >= 0.6 is 12.4 Å². The first kappa shape index (κ1) is 32.4. The van der Waals surface area contributed by atoms with Crippen molar-refractivity contribution in [2.24, 2.45) is 5.73 Å². The Morgan fingerprint density at radius 3 is 1.90 bits per heavy atom. The number of hydrogen-bond acceptors (Lipinski definition) is 11. The van der Waals surface area contributed by atoms with Crippen molar-refractivity contribution in [2.75, 3.05) is 39.5 Å². The van der Waals surface area contributed by atoms with E-state index in [0.29, 0.717) is 18.9 Å². The van der Waals surface area contributed by atoms with Crippen molar-refractivity contribution in [1.29, 1.82) is 0 Å². The second-order valence-electron chi connectivity index (χ2n) is 11.1. The molecule has 42 heavy (non-hydrogen) atoms. The van der Waals surface area contributed by atoms with Gasteiger partial charge in [-0.25, -0.2) is 4.79 Å². The summed E-state index contributed by atoms with van der Waals surface area (Å²) in [6.07, 6.45) is -1.72. The summed E-state index contributed by atoms with van der Waals surface area (Å²) in [4.78, 5) is 11.8. The second-order valence-corrected chi connectivity index (χ2v) is 11.1. The highest BCUT2D eigenvalue weighted by molar-refractivity contribution is 6.64. The van der Waals surface area contributed by atoms with Crippen molar-refractivity contribution < 1.29 is 47.8 Å². The van der Waals surface area contributed by atoms with E-state index < -0.39 is 32.0 Å². The predicted octanol–water partition coefficient (Wildman–Crippen LogP) is 0.351. The van der Waals surface area contributed by atoms with Crippen molar-refractivity contribution in [3.8, 4) is 11.5 Å². The smallest absolute Gasteiger partial charge is 0.486 e. The number of halogens is 1. The van der Waals surface area contributed by atoms with Crippen LogP contribution in [0.2, 0.25) is 0 Å². The summed E-state index contributed by atoms with van der Waals surface area (Å²) in [6, 6.07) is 11.4. The Balaban J connectivity index is 0.000000198. The molecule has 0 fully saturated rings. The lowest BCUT2D eigenvalue weighted by atomic mass is 9.78. The molecule has 1 amide bonds. The molecule has 5 N–H and O–H groups in total. The second kappa shape index (κ2) is 13.8. The summed E-state index contributed by atoms with van der Waals surface area (Å²) in [6.45, 7) is 6.47. The Bertz CT molecular complexity index is 1240. The molecule has 0 bridgehead atoms. The van der Waals surface area contributed by atoms with E-state index in [1.54, 1.807) is 0 Å². The number of rotatable bonds is 5. The van der Waals surface area contributed by atoms with Gasteiger partial charge in [0, 0.05) is 24.0 Å². The summed E-state index contributed by atoms with van der Waals surface area (Å²) < 4.78 is 39.6. The summed E-state index contributed by atoms with van der Waals surface area (Å²) in [5.41, 5.74) is 8.79. The van der Waals surface area contributed by atoms with Gasteiger partial charge in [-0.2, -0.15) is 0 Å². The number of aliphatic hydroxyl groups excluding tert-OH is 2. The third-order valence-corrected chi connectivity index (χ3v) is 6.85. The monoisotopic (exact) mass is 606 g/mol. The van der Waals surface area contributed by atoms with Gasteiger partial charge in [0.05, 0.1) is 38.6 Å². The van der Waals surface area contributed by atoms with E-state index in [0.717, 1.165) is 27.8 Å². The summed E-state index contributed by atoms with van der Waals surface area (Å²) in [7, 11) is -0.982. The van der Waals surface area contributed by atoms with Crippen LogP contribution in [0.1, 0.15) is 44.1 Å². The van der Waals surface area contributed by atoms with Crippen molar-refractivity contribution in [3.05, 3.63) is 47.5 Å². The van der Waals surface area contributed by atoms with Gasteiger partial charge < -0.3 is 54.1 Å². The van der Waals surface area contributed by atoms with Crippen LogP contribution in [0.4, 0.5) is 4.79 Å². The zero-order valence-electron chi connectivity index (χ0n) is 23.8. The lowest BCUT2D eigenvalue weighted by Gasteiger charge is -2.21. The fourth-order valence-electron chi connectivity index (χ4n) is 5.05. The molecule has 228 valence electrons. The summed E-state index contributed by atoms with van der Waals surface area (Å²) in [5, 5.41) is 21.2. The van der Waals surface area contributed by atoms with Crippen LogP contribution in [-0.2, 0) is 23.4 Å². The van der Waals surface area contributed by atoms with Crippen molar-refractivity contribution in [2.45, 2.75) is 50.8 Å². The molecule has 0 aliphatic carbocycles. The number of aliphatic hydroxyl groups is 2. The van der Waals surface area contributed by atoms with Gasteiger partial charge >= 0.3 is 20.3 Å². The molecule has 4 unspecified atom stereocenters. The van der Waals surface area contributed by atoms with Gasteiger partial charge in [0.15, 0.2) is 0 Å². The summed E-state index contributed by atoms with van der Waals surface area (Å²) in [5.74, 6) is 1.37. The number of alkyl carbamates (subject to hydrolysis) is 1. The van der Waals surface area contributed by atoms with E-state index in [4.69, 9.17) is 43.7 Å².